The molecule has 0 radical (unpaired) electrons. The van der Waals surface area contributed by atoms with E-state index in [-0.39, 0.29) is 23.9 Å². The summed E-state index contributed by atoms with van der Waals surface area (Å²) >= 11 is 6.87. The molecule has 2 aromatic heterocycles. The number of halogens is 1. The Morgan fingerprint density at radius 3 is 2.57 bits per heavy atom. The highest BCUT2D eigenvalue weighted by atomic mass is 35.5. The van der Waals surface area contributed by atoms with E-state index in [9.17, 15) is 14.4 Å². The lowest BCUT2D eigenvalue weighted by atomic mass is 10.2. The molecule has 2 aromatic rings. The largest absolute Gasteiger partial charge is 0.453 e. The van der Waals surface area contributed by atoms with Crippen LogP contribution in [0, 0.1) is 0 Å². The van der Waals surface area contributed by atoms with Crippen LogP contribution in [0.25, 0.3) is 0 Å². The number of aromatic nitrogens is 1. The first kappa shape index (κ1) is 15.5. The van der Waals surface area contributed by atoms with Gasteiger partial charge < -0.3 is 9.30 Å². The molecule has 0 atom stereocenters. The normalized spacial score (nSPS) is 10.4. The predicted octanol–water partition coefficient (Wildman–Crippen LogP) is 2.98. The van der Waals surface area contributed by atoms with Gasteiger partial charge in [0, 0.05) is 18.8 Å². The van der Waals surface area contributed by atoms with Gasteiger partial charge in [0.1, 0.15) is 5.69 Å². The van der Waals surface area contributed by atoms with Crippen molar-refractivity contribution in [3.8, 4) is 0 Å². The number of ketones is 2. The van der Waals surface area contributed by atoms with Crippen molar-refractivity contribution in [3.05, 3.63) is 44.9 Å². The number of hydrogen-bond donors (Lipinski definition) is 0. The topological polar surface area (TPSA) is 65.4 Å². The molecule has 0 aliphatic heterocycles. The van der Waals surface area contributed by atoms with E-state index in [1.807, 2.05) is 0 Å². The highest BCUT2D eigenvalue weighted by molar-refractivity contribution is 7.18. The second kappa shape index (κ2) is 6.24. The fourth-order valence-electron chi connectivity index (χ4n) is 1.70. The lowest BCUT2D eigenvalue weighted by molar-refractivity contribution is 0.0466. The third-order valence-corrected chi connectivity index (χ3v) is 4.08. The molecule has 0 saturated heterocycles. The molecule has 21 heavy (non-hydrogen) atoms. The van der Waals surface area contributed by atoms with Crippen LogP contribution in [0.5, 0.6) is 0 Å². The Morgan fingerprint density at radius 1 is 1.33 bits per heavy atom. The summed E-state index contributed by atoms with van der Waals surface area (Å²) in [5, 5.41) is 0. The Labute approximate surface area is 130 Å². The number of ether oxygens (including phenoxy) is 1. The Bertz CT molecular complexity index is 716. The Hall–Kier alpha value is -1.92. The second-order valence-electron chi connectivity index (χ2n) is 4.38. The van der Waals surface area contributed by atoms with Gasteiger partial charge >= 0.3 is 5.97 Å². The third kappa shape index (κ3) is 3.59. The van der Waals surface area contributed by atoms with Gasteiger partial charge in [-0.1, -0.05) is 11.6 Å². The predicted molar refractivity (Wildman–Crippen MR) is 79.4 cm³/mol. The molecule has 0 aromatic carbocycles. The fraction of sp³-hybridized carbons (Fsp3) is 0.214. The summed E-state index contributed by atoms with van der Waals surface area (Å²) in [5.74, 6) is -1.11. The van der Waals surface area contributed by atoms with Gasteiger partial charge in [-0.05, 0) is 25.1 Å². The zero-order chi connectivity index (χ0) is 15.6. The molecular weight excluding hydrogens is 314 g/mol. The van der Waals surface area contributed by atoms with Crippen molar-refractivity contribution in [2.45, 2.75) is 6.92 Å². The number of nitrogens with zero attached hydrogens (tertiary/aromatic N) is 1. The van der Waals surface area contributed by atoms with Crippen molar-refractivity contribution < 1.29 is 19.1 Å². The van der Waals surface area contributed by atoms with E-state index in [2.05, 4.69) is 0 Å². The van der Waals surface area contributed by atoms with Crippen LogP contribution < -0.4 is 0 Å². The van der Waals surface area contributed by atoms with Crippen molar-refractivity contribution in [1.29, 1.82) is 0 Å². The van der Waals surface area contributed by atoms with E-state index in [0.29, 0.717) is 14.8 Å². The molecule has 0 amide bonds. The highest BCUT2D eigenvalue weighted by Crippen LogP contribution is 2.21. The van der Waals surface area contributed by atoms with Gasteiger partial charge in [0.15, 0.2) is 12.4 Å². The molecule has 0 fully saturated rings. The van der Waals surface area contributed by atoms with Crippen LogP contribution in [0.15, 0.2) is 24.4 Å². The SMILES string of the molecule is CC(=O)c1cc(C(=O)OCC(=O)c2ccc(Cl)s2)n(C)c1. The van der Waals surface area contributed by atoms with E-state index >= 15 is 0 Å². The van der Waals surface area contributed by atoms with E-state index in [1.54, 1.807) is 25.4 Å². The molecule has 0 saturated carbocycles. The maximum absolute atomic E-state index is 11.9. The summed E-state index contributed by atoms with van der Waals surface area (Å²) < 4.78 is 6.96. The average Bonchev–Trinajstić information content (AvgIpc) is 3.02. The number of aryl methyl sites for hydroxylation is 1. The number of carbonyl (C=O) groups excluding carboxylic acids is 3. The van der Waals surface area contributed by atoms with Crippen LogP contribution >= 0.6 is 22.9 Å². The Kier molecular flexibility index (Phi) is 4.59. The van der Waals surface area contributed by atoms with E-state index in [1.165, 1.54) is 17.6 Å². The molecule has 0 N–H and O–H groups in total. The molecular formula is C14H12ClNO4S. The second-order valence-corrected chi connectivity index (χ2v) is 6.10. The quantitative estimate of drug-likeness (QED) is 0.626. The van der Waals surface area contributed by atoms with Gasteiger partial charge in [-0.15, -0.1) is 11.3 Å². The summed E-state index contributed by atoms with van der Waals surface area (Å²) in [6, 6.07) is 4.63. The first-order chi connectivity index (χ1) is 9.88. The van der Waals surface area contributed by atoms with Crippen LogP contribution in [-0.2, 0) is 11.8 Å². The molecule has 0 spiro atoms. The van der Waals surface area contributed by atoms with Crippen LogP contribution in [0.1, 0.15) is 37.4 Å². The molecule has 2 rings (SSSR count). The number of Topliss-reactive ketones (excluding diaryl/α,β-unsaturated/α-hetero) is 2. The Morgan fingerprint density at radius 2 is 2.05 bits per heavy atom. The van der Waals surface area contributed by atoms with Gasteiger partial charge in [0.25, 0.3) is 0 Å². The molecule has 5 nitrogen and oxygen atoms in total. The lowest BCUT2D eigenvalue weighted by Crippen LogP contribution is -2.15. The maximum atomic E-state index is 11.9. The summed E-state index contributed by atoms with van der Waals surface area (Å²) in [5.41, 5.74) is 0.637. The lowest BCUT2D eigenvalue weighted by Gasteiger charge is -2.03. The molecule has 0 aliphatic carbocycles. The van der Waals surface area contributed by atoms with Crippen LogP contribution in [0.3, 0.4) is 0 Å². The molecule has 2 heterocycles. The van der Waals surface area contributed by atoms with Gasteiger partial charge in [-0.2, -0.15) is 0 Å². The number of hydrogen-bond acceptors (Lipinski definition) is 5. The summed E-state index contributed by atoms with van der Waals surface area (Å²) in [6.07, 6.45) is 1.54. The number of esters is 1. The van der Waals surface area contributed by atoms with Gasteiger partial charge in [0.05, 0.1) is 9.21 Å². The van der Waals surface area contributed by atoms with Crippen molar-refractivity contribution in [2.24, 2.45) is 7.05 Å². The average molecular weight is 326 g/mol. The van der Waals surface area contributed by atoms with Crippen molar-refractivity contribution in [3.63, 3.8) is 0 Å². The Balaban J connectivity index is 2.02. The van der Waals surface area contributed by atoms with Crippen LogP contribution in [0.2, 0.25) is 4.34 Å². The maximum Gasteiger partial charge on any atom is 0.355 e. The zero-order valence-electron chi connectivity index (χ0n) is 11.4. The fourth-order valence-corrected chi connectivity index (χ4v) is 2.67. The monoisotopic (exact) mass is 325 g/mol. The molecule has 0 aliphatic rings. The minimum absolute atomic E-state index is 0.144. The van der Waals surface area contributed by atoms with Crippen molar-refractivity contribution in [1.82, 2.24) is 4.57 Å². The van der Waals surface area contributed by atoms with E-state index in [0.717, 1.165) is 11.3 Å². The standard InChI is InChI=1S/C14H12ClNO4S/c1-8(17)9-5-10(16(2)6-9)14(19)20-7-11(18)12-3-4-13(15)21-12/h3-6H,7H2,1-2H3. The molecule has 110 valence electrons. The molecule has 7 heteroatoms. The van der Waals surface area contributed by atoms with Crippen molar-refractivity contribution in [2.75, 3.05) is 6.61 Å². The molecule has 0 bridgehead atoms. The third-order valence-electron chi connectivity index (χ3n) is 2.80. The zero-order valence-corrected chi connectivity index (χ0v) is 13.0. The summed E-state index contributed by atoms with van der Waals surface area (Å²) in [4.78, 5) is 35.4. The minimum atomic E-state index is -0.652. The summed E-state index contributed by atoms with van der Waals surface area (Å²) in [6.45, 7) is 1.05. The smallest absolute Gasteiger partial charge is 0.355 e. The van der Waals surface area contributed by atoms with Gasteiger partial charge in [-0.25, -0.2) is 4.79 Å². The van der Waals surface area contributed by atoms with Crippen molar-refractivity contribution >= 4 is 40.5 Å². The number of carbonyl (C=O) groups is 3. The van der Waals surface area contributed by atoms with Crippen LogP contribution in [-0.4, -0.2) is 28.7 Å². The van der Waals surface area contributed by atoms with Gasteiger partial charge in [0.2, 0.25) is 5.78 Å². The molecule has 0 unspecified atom stereocenters. The van der Waals surface area contributed by atoms with E-state index < -0.39 is 5.97 Å². The van der Waals surface area contributed by atoms with E-state index in [4.69, 9.17) is 16.3 Å². The van der Waals surface area contributed by atoms with Gasteiger partial charge in [-0.3, -0.25) is 9.59 Å². The summed E-state index contributed by atoms with van der Waals surface area (Å²) in [7, 11) is 1.63. The van der Waals surface area contributed by atoms with Crippen LogP contribution in [0.4, 0.5) is 0 Å². The first-order valence-corrected chi connectivity index (χ1v) is 7.21. The minimum Gasteiger partial charge on any atom is -0.453 e. The first-order valence-electron chi connectivity index (χ1n) is 6.01. The highest BCUT2D eigenvalue weighted by Gasteiger charge is 2.17. The number of rotatable bonds is 5. The number of thiophene rings is 1.